The summed E-state index contributed by atoms with van der Waals surface area (Å²) in [6.07, 6.45) is 13.9. The molecule has 0 bridgehead atoms. The molecule has 1 amide bonds. The summed E-state index contributed by atoms with van der Waals surface area (Å²) in [6, 6.07) is -0.983. The molecule has 8 atom stereocenters. The number of fused-ring (bicyclic) bond motifs is 4. The average molecular weight is 541 g/mol. The molecule has 4 aliphatic rings. The predicted molar refractivity (Wildman–Crippen MR) is 159 cm³/mol. The molecule has 0 aromatic heterocycles. The zero-order valence-electron chi connectivity index (χ0n) is 26.1. The molecule has 2 saturated carbocycles. The van der Waals surface area contributed by atoms with Crippen molar-refractivity contribution in [1.29, 1.82) is 0 Å². The molecule has 0 aliphatic heterocycles. The van der Waals surface area contributed by atoms with Gasteiger partial charge in [-0.1, -0.05) is 64.3 Å². The standard InChI is InChI=1S/C34H56N2O3/c1-21(2)10-9-11-22(3)23-14-18-34(8)25-12-13-27-31(4,5)28(39-30(38)26(35)20-29(36)37)16-17-32(27,6)24(25)15-19-33(23,34)7/h10,22-23,26-28H,9,11-20,35H2,1-8H3,(H2,36,37)/t22-,23-,26+,27?,28+,32-,33-,34+/m1/s1. The molecule has 0 aromatic carbocycles. The van der Waals surface area contributed by atoms with Crippen LogP contribution in [-0.2, 0) is 14.3 Å². The van der Waals surface area contributed by atoms with E-state index in [1.54, 1.807) is 11.1 Å². The highest BCUT2D eigenvalue weighted by Gasteiger charge is 2.63. The van der Waals surface area contributed by atoms with Crippen molar-refractivity contribution in [2.24, 2.45) is 50.9 Å². The number of hydrogen-bond donors (Lipinski definition) is 2. The van der Waals surface area contributed by atoms with E-state index in [0.717, 1.165) is 31.1 Å². The van der Waals surface area contributed by atoms with Gasteiger partial charge in [0, 0.05) is 5.41 Å². The number of amides is 1. The smallest absolute Gasteiger partial charge is 0.323 e. The van der Waals surface area contributed by atoms with E-state index >= 15 is 0 Å². The molecule has 5 heteroatoms. The van der Waals surface area contributed by atoms with Crippen molar-refractivity contribution in [1.82, 2.24) is 0 Å². The van der Waals surface area contributed by atoms with Gasteiger partial charge in [0.25, 0.3) is 0 Å². The Hall–Kier alpha value is -1.62. The van der Waals surface area contributed by atoms with Gasteiger partial charge in [-0.3, -0.25) is 9.59 Å². The molecule has 4 N–H and O–H groups in total. The fraction of sp³-hybridized carbons (Fsp3) is 0.824. The lowest BCUT2D eigenvalue weighted by Crippen LogP contribution is -2.56. The van der Waals surface area contributed by atoms with Gasteiger partial charge in [-0.15, -0.1) is 0 Å². The third-order valence-electron chi connectivity index (χ3n) is 12.6. The zero-order chi connectivity index (χ0) is 29.0. The Morgan fingerprint density at radius 2 is 1.69 bits per heavy atom. The van der Waals surface area contributed by atoms with Gasteiger partial charge in [0.2, 0.25) is 5.91 Å². The van der Waals surface area contributed by atoms with Crippen LogP contribution in [0.5, 0.6) is 0 Å². The van der Waals surface area contributed by atoms with E-state index in [4.69, 9.17) is 16.2 Å². The van der Waals surface area contributed by atoms with Crippen LogP contribution in [-0.4, -0.2) is 24.0 Å². The summed E-state index contributed by atoms with van der Waals surface area (Å²) in [5, 5.41) is 0. The lowest BCUT2D eigenvalue weighted by molar-refractivity contribution is -0.171. The Kier molecular flexibility index (Phi) is 8.29. The van der Waals surface area contributed by atoms with Gasteiger partial charge in [0.05, 0.1) is 6.42 Å². The van der Waals surface area contributed by atoms with Crippen LogP contribution in [0.1, 0.15) is 126 Å². The molecule has 5 nitrogen and oxygen atoms in total. The van der Waals surface area contributed by atoms with Crippen molar-refractivity contribution < 1.29 is 14.3 Å². The van der Waals surface area contributed by atoms with Gasteiger partial charge in [-0.05, 0) is 112 Å². The van der Waals surface area contributed by atoms with Gasteiger partial charge in [0.1, 0.15) is 12.1 Å². The van der Waals surface area contributed by atoms with E-state index < -0.39 is 17.9 Å². The molecule has 220 valence electrons. The largest absolute Gasteiger partial charge is 0.461 e. The van der Waals surface area contributed by atoms with Crippen molar-refractivity contribution in [2.75, 3.05) is 0 Å². The molecule has 0 heterocycles. The van der Waals surface area contributed by atoms with Gasteiger partial charge < -0.3 is 16.2 Å². The fourth-order valence-corrected chi connectivity index (χ4v) is 10.2. The molecule has 4 rings (SSSR count). The SMILES string of the molecule is CC(C)=CCC[C@@H](C)[C@H]1CC[C@@]2(C)C3=C(CC[C@]12C)[C@@]1(C)CC[C@H](OC(=O)[C@@H](N)CC(N)=O)C(C)(C)C1CC3. The number of nitrogens with two attached hydrogens (primary N) is 2. The third kappa shape index (κ3) is 5.04. The zero-order valence-corrected chi connectivity index (χ0v) is 26.1. The van der Waals surface area contributed by atoms with Crippen molar-refractivity contribution in [3.8, 4) is 0 Å². The predicted octanol–water partition coefficient (Wildman–Crippen LogP) is 7.23. The van der Waals surface area contributed by atoms with Crippen LogP contribution in [0.15, 0.2) is 22.8 Å². The van der Waals surface area contributed by atoms with Gasteiger partial charge >= 0.3 is 5.97 Å². The normalized spacial score (nSPS) is 38.6. The number of carbonyl (C=O) groups is 2. The summed E-state index contributed by atoms with van der Waals surface area (Å²) in [5.74, 6) is 0.935. The van der Waals surface area contributed by atoms with E-state index in [9.17, 15) is 9.59 Å². The van der Waals surface area contributed by atoms with E-state index in [2.05, 4.69) is 61.5 Å². The third-order valence-corrected chi connectivity index (χ3v) is 12.6. The maximum atomic E-state index is 12.7. The van der Waals surface area contributed by atoms with Crippen molar-refractivity contribution in [3.05, 3.63) is 22.8 Å². The average Bonchev–Trinajstić information content (AvgIpc) is 3.11. The molecule has 39 heavy (non-hydrogen) atoms. The summed E-state index contributed by atoms with van der Waals surface area (Å²) in [4.78, 5) is 24.0. The number of primary amides is 1. The Morgan fingerprint density at radius 1 is 1.00 bits per heavy atom. The van der Waals surface area contributed by atoms with Crippen LogP contribution in [0.3, 0.4) is 0 Å². The molecule has 2 fully saturated rings. The maximum Gasteiger partial charge on any atom is 0.323 e. The van der Waals surface area contributed by atoms with Crippen LogP contribution in [0.2, 0.25) is 0 Å². The summed E-state index contributed by atoms with van der Waals surface area (Å²) >= 11 is 0. The highest BCUT2D eigenvalue weighted by molar-refractivity contribution is 5.84. The second-order valence-electron chi connectivity index (χ2n) is 15.3. The van der Waals surface area contributed by atoms with Crippen molar-refractivity contribution >= 4 is 11.9 Å². The molecule has 0 aromatic rings. The monoisotopic (exact) mass is 540 g/mol. The first-order valence-electron chi connectivity index (χ1n) is 15.7. The number of hydrogen-bond acceptors (Lipinski definition) is 4. The van der Waals surface area contributed by atoms with E-state index in [1.807, 2.05) is 0 Å². The van der Waals surface area contributed by atoms with Crippen molar-refractivity contribution in [3.63, 3.8) is 0 Å². The first-order valence-corrected chi connectivity index (χ1v) is 15.7. The van der Waals surface area contributed by atoms with Crippen LogP contribution >= 0.6 is 0 Å². The molecule has 0 saturated heterocycles. The highest BCUT2D eigenvalue weighted by atomic mass is 16.5. The molecule has 0 spiro atoms. The van der Waals surface area contributed by atoms with Gasteiger partial charge in [0.15, 0.2) is 0 Å². The number of rotatable bonds is 8. The Balaban J connectivity index is 1.56. The summed E-state index contributed by atoms with van der Waals surface area (Å²) in [6.45, 7) is 19.3. The summed E-state index contributed by atoms with van der Waals surface area (Å²) in [5.41, 5.74) is 16.8. The number of allylic oxidation sites excluding steroid dienone is 4. The van der Waals surface area contributed by atoms with Crippen LogP contribution in [0, 0.1) is 39.4 Å². The van der Waals surface area contributed by atoms with E-state index in [1.165, 1.54) is 50.5 Å². The molecule has 1 unspecified atom stereocenters. The minimum atomic E-state index is -0.983. The lowest BCUT2D eigenvalue weighted by Gasteiger charge is -2.62. The van der Waals surface area contributed by atoms with Crippen LogP contribution in [0.25, 0.3) is 0 Å². The summed E-state index contributed by atoms with van der Waals surface area (Å²) < 4.78 is 6.00. The maximum absolute atomic E-state index is 12.7. The van der Waals surface area contributed by atoms with Crippen LogP contribution < -0.4 is 11.5 Å². The Labute approximate surface area is 237 Å². The highest BCUT2D eigenvalue weighted by Crippen LogP contribution is 2.72. The first-order chi connectivity index (χ1) is 18.1. The number of ether oxygens (including phenoxy) is 1. The van der Waals surface area contributed by atoms with E-state index in [0.29, 0.717) is 16.7 Å². The second kappa shape index (κ2) is 10.7. The van der Waals surface area contributed by atoms with Gasteiger partial charge in [-0.25, -0.2) is 0 Å². The van der Waals surface area contributed by atoms with Crippen LogP contribution in [0.4, 0.5) is 0 Å². The number of carbonyl (C=O) groups excluding carboxylic acids is 2. The van der Waals surface area contributed by atoms with E-state index in [-0.39, 0.29) is 23.4 Å². The fourth-order valence-electron chi connectivity index (χ4n) is 10.2. The summed E-state index contributed by atoms with van der Waals surface area (Å²) in [7, 11) is 0. The lowest BCUT2D eigenvalue weighted by atomic mass is 9.43. The second-order valence-corrected chi connectivity index (χ2v) is 15.3. The molecule has 4 aliphatic carbocycles. The topological polar surface area (TPSA) is 95.4 Å². The molecular weight excluding hydrogens is 484 g/mol. The van der Waals surface area contributed by atoms with Gasteiger partial charge in [-0.2, -0.15) is 0 Å². The Bertz CT molecular complexity index is 1040. The number of esters is 1. The first kappa shape index (κ1) is 30.3. The quantitative estimate of drug-likeness (QED) is 0.251. The molecule has 0 radical (unpaired) electrons. The minimum Gasteiger partial charge on any atom is -0.461 e. The minimum absolute atomic E-state index is 0.146. The molecular formula is C34H56N2O3. The van der Waals surface area contributed by atoms with Crippen molar-refractivity contribution in [2.45, 2.75) is 138 Å². The Morgan fingerprint density at radius 3 is 2.33 bits per heavy atom.